The van der Waals surface area contributed by atoms with E-state index in [4.69, 9.17) is 0 Å². The fraction of sp³-hybridized carbons (Fsp3) is 0.353. The number of allylic oxidation sites excluding steroid dienone is 2. The smallest absolute Gasteiger partial charge is 0.254 e. The molecule has 1 aliphatic heterocycles. The summed E-state index contributed by atoms with van der Waals surface area (Å²) < 4.78 is 0. The Kier molecular flexibility index (Phi) is 3.01. The monoisotopic (exact) mass is 312 g/mol. The second-order valence-corrected chi connectivity index (χ2v) is 6.32. The lowest BCUT2D eigenvalue weighted by atomic mass is 9.63. The molecule has 4 atom stereocenters. The Bertz CT molecular complexity index is 723. The minimum absolute atomic E-state index is 0.0679. The molecule has 1 aromatic rings. The van der Waals surface area contributed by atoms with Crippen molar-refractivity contribution in [2.24, 2.45) is 28.8 Å². The number of nitrogens with zero attached hydrogens (tertiary/aromatic N) is 2. The quantitative estimate of drug-likeness (QED) is 0.493. The molecule has 4 unspecified atom stereocenters. The summed E-state index contributed by atoms with van der Waals surface area (Å²) in [4.78, 5) is 25.1. The number of imide groups is 1. The van der Waals surface area contributed by atoms with Gasteiger partial charge in [-0.15, -0.1) is 0 Å². The number of amides is 2. The van der Waals surface area contributed by atoms with Crippen molar-refractivity contribution in [1.29, 1.82) is 0 Å². The van der Waals surface area contributed by atoms with Crippen LogP contribution < -0.4 is 0 Å². The van der Waals surface area contributed by atoms with E-state index in [2.05, 4.69) is 17.3 Å². The molecule has 2 N–H and O–H groups in total. The lowest BCUT2D eigenvalue weighted by Gasteiger charge is -2.37. The van der Waals surface area contributed by atoms with Crippen molar-refractivity contribution in [3.8, 4) is 11.5 Å². The summed E-state index contributed by atoms with van der Waals surface area (Å²) in [7, 11) is 0. The summed E-state index contributed by atoms with van der Waals surface area (Å²) in [6.45, 7) is 0. The van der Waals surface area contributed by atoms with Crippen molar-refractivity contribution >= 4 is 18.0 Å². The van der Waals surface area contributed by atoms with Gasteiger partial charge in [-0.05, 0) is 36.8 Å². The predicted molar refractivity (Wildman–Crippen MR) is 81.6 cm³/mol. The van der Waals surface area contributed by atoms with Gasteiger partial charge in [0.1, 0.15) is 11.5 Å². The third-order valence-electron chi connectivity index (χ3n) is 5.06. The Morgan fingerprint density at radius 3 is 2.17 bits per heavy atom. The summed E-state index contributed by atoms with van der Waals surface area (Å²) >= 11 is 0. The van der Waals surface area contributed by atoms with Crippen molar-refractivity contribution in [1.82, 2.24) is 5.01 Å². The molecule has 2 fully saturated rings. The van der Waals surface area contributed by atoms with Crippen LogP contribution in [-0.2, 0) is 9.59 Å². The molecular weight excluding hydrogens is 296 g/mol. The van der Waals surface area contributed by atoms with Crippen LogP contribution in [0, 0.1) is 23.7 Å². The first-order chi connectivity index (χ1) is 11.1. The average molecular weight is 312 g/mol. The second kappa shape index (κ2) is 4.94. The predicted octanol–water partition coefficient (Wildman–Crippen LogP) is 1.63. The molecule has 23 heavy (non-hydrogen) atoms. The molecule has 1 heterocycles. The van der Waals surface area contributed by atoms with Gasteiger partial charge in [0.2, 0.25) is 0 Å². The molecule has 2 amide bonds. The van der Waals surface area contributed by atoms with E-state index in [1.54, 1.807) is 0 Å². The van der Waals surface area contributed by atoms with Crippen LogP contribution in [0.3, 0.4) is 0 Å². The van der Waals surface area contributed by atoms with Gasteiger partial charge in [-0.25, -0.2) is 0 Å². The number of rotatable bonds is 2. The highest BCUT2D eigenvalue weighted by atomic mass is 16.3. The molecule has 0 spiro atoms. The van der Waals surface area contributed by atoms with Gasteiger partial charge < -0.3 is 10.2 Å². The SMILES string of the molecule is O=C1C2C3C=CC(CC3)C2C(=O)N1/N=C/c1ccc(O)cc1O. The fourth-order valence-electron chi connectivity index (χ4n) is 3.93. The van der Waals surface area contributed by atoms with Crippen molar-refractivity contribution < 1.29 is 19.8 Å². The molecule has 1 saturated carbocycles. The maximum Gasteiger partial charge on any atom is 0.254 e. The van der Waals surface area contributed by atoms with Gasteiger partial charge in [0.05, 0.1) is 18.1 Å². The highest BCUT2D eigenvalue weighted by Gasteiger charge is 2.56. The lowest BCUT2D eigenvalue weighted by Crippen LogP contribution is -2.38. The van der Waals surface area contributed by atoms with Gasteiger partial charge in [-0.1, -0.05) is 12.2 Å². The normalized spacial score (nSPS) is 32.1. The highest BCUT2D eigenvalue weighted by molar-refractivity contribution is 6.06. The Hall–Kier alpha value is -2.63. The van der Waals surface area contributed by atoms with Gasteiger partial charge in [-0.3, -0.25) is 9.59 Å². The zero-order valence-corrected chi connectivity index (χ0v) is 12.3. The zero-order valence-electron chi connectivity index (χ0n) is 12.3. The van der Waals surface area contributed by atoms with Crippen LogP contribution >= 0.6 is 0 Å². The summed E-state index contributed by atoms with van der Waals surface area (Å²) in [6.07, 6.45) is 7.27. The summed E-state index contributed by atoms with van der Waals surface area (Å²) in [6, 6.07) is 4.05. The van der Waals surface area contributed by atoms with Crippen LogP contribution in [0.5, 0.6) is 11.5 Å². The summed E-state index contributed by atoms with van der Waals surface area (Å²) in [5.41, 5.74) is 0.333. The minimum Gasteiger partial charge on any atom is -0.508 e. The van der Waals surface area contributed by atoms with Gasteiger partial charge in [0.25, 0.3) is 11.8 Å². The third-order valence-corrected chi connectivity index (χ3v) is 5.06. The number of hydrazone groups is 1. The standard InChI is InChI=1S/C17H16N2O4/c20-12-6-5-11(13(21)7-12)8-18-19-16(22)14-9-1-2-10(4-3-9)15(14)17(19)23/h1-2,5-10,14-15,20-21H,3-4H2/b18-8+. The number of phenols is 2. The van der Waals surface area contributed by atoms with Crippen LogP contribution in [0.1, 0.15) is 18.4 Å². The van der Waals surface area contributed by atoms with E-state index in [9.17, 15) is 19.8 Å². The number of phenolic OH excluding ortho intramolecular Hbond substituents is 2. The van der Waals surface area contributed by atoms with Crippen molar-refractivity contribution in [2.75, 3.05) is 0 Å². The van der Waals surface area contributed by atoms with Gasteiger partial charge in [-0.2, -0.15) is 10.1 Å². The highest BCUT2D eigenvalue weighted by Crippen LogP contribution is 2.49. The topological polar surface area (TPSA) is 90.2 Å². The van der Waals surface area contributed by atoms with Crippen LogP contribution in [0.4, 0.5) is 0 Å². The molecule has 6 heteroatoms. The third kappa shape index (κ3) is 2.05. The fourth-order valence-corrected chi connectivity index (χ4v) is 3.93. The minimum atomic E-state index is -0.295. The van der Waals surface area contributed by atoms with Crippen LogP contribution in [0.25, 0.3) is 0 Å². The summed E-state index contributed by atoms with van der Waals surface area (Å²) in [5.74, 6) is -1.07. The zero-order chi connectivity index (χ0) is 16.1. The van der Waals surface area contributed by atoms with Gasteiger partial charge in [0.15, 0.2) is 0 Å². The first-order valence-corrected chi connectivity index (χ1v) is 7.68. The Morgan fingerprint density at radius 1 is 1.04 bits per heavy atom. The Morgan fingerprint density at radius 2 is 1.65 bits per heavy atom. The number of carbonyl (C=O) groups excluding carboxylic acids is 2. The first kappa shape index (κ1) is 14.0. The Labute approximate surface area is 132 Å². The molecule has 0 aromatic heterocycles. The molecule has 6 nitrogen and oxygen atoms in total. The molecule has 5 rings (SSSR count). The average Bonchev–Trinajstić information content (AvgIpc) is 2.82. The Balaban J connectivity index is 1.62. The molecule has 2 bridgehead atoms. The second-order valence-electron chi connectivity index (χ2n) is 6.32. The van der Waals surface area contributed by atoms with Crippen LogP contribution in [0.15, 0.2) is 35.5 Å². The molecule has 4 aliphatic rings. The number of hydrogen-bond acceptors (Lipinski definition) is 5. The van der Waals surface area contributed by atoms with Crippen LogP contribution in [0.2, 0.25) is 0 Å². The molecule has 118 valence electrons. The van der Waals surface area contributed by atoms with E-state index in [0.29, 0.717) is 5.56 Å². The van der Waals surface area contributed by atoms with E-state index >= 15 is 0 Å². The van der Waals surface area contributed by atoms with Crippen molar-refractivity contribution in [3.63, 3.8) is 0 Å². The number of carbonyl (C=O) groups is 2. The van der Waals surface area contributed by atoms with E-state index in [-0.39, 0.29) is 47.0 Å². The lowest BCUT2D eigenvalue weighted by molar-refractivity contribution is -0.140. The first-order valence-electron chi connectivity index (χ1n) is 7.68. The van der Waals surface area contributed by atoms with E-state index in [1.807, 2.05) is 0 Å². The van der Waals surface area contributed by atoms with Crippen LogP contribution in [-0.4, -0.2) is 33.3 Å². The van der Waals surface area contributed by atoms with E-state index < -0.39 is 0 Å². The molecule has 1 aromatic carbocycles. The number of hydrogen-bond donors (Lipinski definition) is 2. The maximum atomic E-state index is 12.6. The molecule has 0 radical (unpaired) electrons. The largest absolute Gasteiger partial charge is 0.508 e. The van der Waals surface area contributed by atoms with E-state index in [0.717, 1.165) is 17.9 Å². The van der Waals surface area contributed by atoms with Gasteiger partial charge >= 0.3 is 0 Å². The number of fused-ring (bicyclic) bond motifs is 1. The maximum absolute atomic E-state index is 12.6. The molecular formula is C17H16N2O4. The van der Waals surface area contributed by atoms with Gasteiger partial charge in [0, 0.05) is 11.6 Å². The van der Waals surface area contributed by atoms with Crippen molar-refractivity contribution in [2.45, 2.75) is 12.8 Å². The molecule has 1 saturated heterocycles. The number of benzene rings is 1. The number of aromatic hydroxyl groups is 2. The summed E-state index contributed by atoms with van der Waals surface area (Å²) in [5, 5.41) is 24.0. The molecule has 3 aliphatic carbocycles. The van der Waals surface area contributed by atoms with Crippen molar-refractivity contribution in [3.05, 3.63) is 35.9 Å². The van der Waals surface area contributed by atoms with E-state index in [1.165, 1.54) is 24.4 Å².